The van der Waals surface area contributed by atoms with E-state index in [2.05, 4.69) is 5.48 Å². The van der Waals surface area contributed by atoms with Crippen molar-refractivity contribution >= 4 is 17.9 Å². The summed E-state index contributed by atoms with van der Waals surface area (Å²) in [6.45, 7) is 3.56. The van der Waals surface area contributed by atoms with E-state index in [9.17, 15) is 14.4 Å². The molecule has 8 heteroatoms. The van der Waals surface area contributed by atoms with Gasteiger partial charge in [0.15, 0.2) is 12.2 Å². The molecule has 0 unspecified atom stereocenters. The summed E-state index contributed by atoms with van der Waals surface area (Å²) in [5.74, 6) is -1.60. The lowest BCUT2D eigenvalue weighted by molar-refractivity contribution is -0.166. The number of hydrogen-bond donors (Lipinski definition) is 1. The number of carbonyl (C=O) groups excluding carboxylic acids is 3. The first-order chi connectivity index (χ1) is 8.40. The summed E-state index contributed by atoms with van der Waals surface area (Å²) < 4.78 is 14.6. The van der Waals surface area contributed by atoms with Crippen molar-refractivity contribution in [3.63, 3.8) is 0 Å². The minimum absolute atomic E-state index is 0.113. The minimum Gasteiger partial charge on any atom is -0.463 e. The van der Waals surface area contributed by atoms with E-state index in [4.69, 9.17) is 19.0 Å². The topological polar surface area (TPSA) is 100 Å². The van der Waals surface area contributed by atoms with E-state index in [0.29, 0.717) is 0 Å². The summed E-state index contributed by atoms with van der Waals surface area (Å²) in [6.07, 6.45) is -2.53. The van der Waals surface area contributed by atoms with Crippen LogP contribution in [0.1, 0.15) is 20.8 Å². The fraction of sp³-hybridized carbons (Fsp3) is 0.700. The molecule has 0 amide bonds. The van der Waals surface area contributed by atoms with Crippen molar-refractivity contribution in [3.05, 3.63) is 0 Å². The zero-order valence-corrected chi connectivity index (χ0v) is 10.3. The maximum Gasteiger partial charge on any atom is 0.304 e. The lowest BCUT2D eigenvalue weighted by Gasteiger charge is -2.20. The van der Waals surface area contributed by atoms with Crippen LogP contribution in [-0.2, 0) is 33.4 Å². The Morgan fingerprint density at radius 3 is 2.17 bits per heavy atom. The van der Waals surface area contributed by atoms with Gasteiger partial charge in [-0.25, -0.2) is 0 Å². The van der Waals surface area contributed by atoms with Gasteiger partial charge in [0, 0.05) is 20.8 Å². The van der Waals surface area contributed by atoms with Crippen molar-refractivity contribution < 1.29 is 33.4 Å². The van der Waals surface area contributed by atoms with Crippen LogP contribution in [0.2, 0.25) is 0 Å². The SMILES string of the molecule is CC(=O)OC[C@H]1ON[C@@H](OC(C)=O)[C@H]1OC(C)=O. The highest BCUT2D eigenvalue weighted by Gasteiger charge is 2.43. The van der Waals surface area contributed by atoms with Gasteiger partial charge < -0.3 is 14.2 Å². The van der Waals surface area contributed by atoms with Gasteiger partial charge in [0.1, 0.15) is 6.61 Å². The fourth-order valence-electron chi connectivity index (χ4n) is 1.41. The Morgan fingerprint density at radius 1 is 1.06 bits per heavy atom. The third-order valence-corrected chi connectivity index (χ3v) is 2.05. The quantitative estimate of drug-likeness (QED) is 0.522. The number of hydroxylamine groups is 1. The Hall–Kier alpha value is -1.67. The van der Waals surface area contributed by atoms with Crippen LogP contribution >= 0.6 is 0 Å². The van der Waals surface area contributed by atoms with Crippen LogP contribution in [-0.4, -0.2) is 43.0 Å². The molecule has 1 aliphatic rings. The predicted molar refractivity (Wildman–Crippen MR) is 55.7 cm³/mol. The maximum atomic E-state index is 11.0. The second-order valence-electron chi connectivity index (χ2n) is 3.68. The third-order valence-electron chi connectivity index (χ3n) is 2.05. The molecule has 1 heterocycles. The van der Waals surface area contributed by atoms with Crippen molar-refractivity contribution in [2.75, 3.05) is 6.61 Å². The molecule has 18 heavy (non-hydrogen) atoms. The molecule has 8 nitrogen and oxygen atoms in total. The summed E-state index contributed by atoms with van der Waals surface area (Å²) >= 11 is 0. The molecular formula is C10H15NO7. The molecule has 0 spiro atoms. The summed E-state index contributed by atoms with van der Waals surface area (Å²) in [5.41, 5.74) is 2.41. The molecule has 0 aromatic rings. The largest absolute Gasteiger partial charge is 0.463 e. The average molecular weight is 261 g/mol. The fourth-order valence-corrected chi connectivity index (χ4v) is 1.41. The van der Waals surface area contributed by atoms with E-state index in [0.717, 1.165) is 0 Å². The summed E-state index contributed by atoms with van der Waals surface area (Å²) in [7, 11) is 0. The highest BCUT2D eigenvalue weighted by Crippen LogP contribution is 2.18. The van der Waals surface area contributed by atoms with Crippen LogP contribution in [0.25, 0.3) is 0 Å². The molecule has 0 saturated carbocycles. The predicted octanol–water partition coefficient (Wildman–Crippen LogP) is -0.726. The highest BCUT2D eigenvalue weighted by molar-refractivity contribution is 5.67. The second-order valence-corrected chi connectivity index (χ2v) is 3.68. The zero-order chi connectivity index (χ0) is 13.7. The Labute approximate surface area is 103 Å². The van der Waals surface area contributed by atoms with E-state index in [-0.39, 0.29) is 6.61 Å². The van der Waals surface area contributed by atoms with Crippen molar-refractivity contribution in [2.24, 2.45) is 0 Å². The number of ether oxygens (including phenoxy) is 3. The van der Waals surface area contributed by atoms with Crippen LogP contribution in [0.4, 0.5) is 0 Å². The van der Waals surface area contributed by atoms with Gasteiger partial charge in [-0.15, -0.1) is 0 Å². The molecule has 1 saturated heterocycles. The lowest BCUT2D eigenvalue weighted by Crippen LogP contribution is -2.41. The van der Waals surface area contributed by atoms with Gasteiger partial charge >= 0.3 is 17.9 Å². The van der Waals surface area contributed by atoms with E-state index in [1.807, 2.05) is 0 Å². The van der Waals surface area contributed by atoms with E-state index in [1.54, 1.807) is 0 Å². The normalized spacial score (nSPS) is 26.5. The standard InChI is InChI=1S/C10H15NO7/c1-5(12)15-4-8-9(16-6(2)13)10(11-18-8)17-7(3)14/h8-11H,4H2,1-3H3/t8-,9+,10+/m1/s1. The molecule has 1 rings (SSSR count). The zero-order valence-electron chi connectivity index (χ0n) is 10.3. The van der Waals surface area contributed by atoms with Gasteiger partial charge in [0.2, 0.25) is 6.23 Å². The van der Waals surface area contributed by atoms with E-state index >= 15 is 0 Å². The third kappa shape index (κ3) is 4.30. The number of carbonyl (C=O) groups is 3. The molecular weight excluding hydrogens is 246 g/mol. The van der Waals surface area contributed by atoms with Crippen molar-refractivity contribution in [2.45, 2.75) is 39.2 Å². The second kappa shape index (κ2) is 6.31. The molecule has 0 aromatic carbocycles. The Bertz CT molecular complexity index is 343. The van der Waals surface area contributed by atoms with Crippen LogP contribution in [0.15, 0.2) is 0 Å². The maximum absolute atomic E-state index is 11.0. The van der Waals surface area contributed by atoms with Crippen molar-refractivity contribution in [1.29, 1.82) is 0 Å². The highest BCUT2D eigenvalue weighted by atomic mass is 16.7. The number of hydrogen-bond acceptors (Lipinski definition) is 8. The Kier molecular flexibility index (Phi) is 5.05. The monoisotopic (exact) mass is 261 g/mol. The molecule has 3 atom stereocenters. The van der Waals surface area contributed by atoms with Gasteiger partial charge in [-0.2, -0.15) is 5.48 Å². The van der Waals surface area contributed by atoms with Crippen molar-refractivity contribution in [3.8, 4) is 0 Å². The molecule has 0 aliphatic carbocycles. The molecule has 0 bridgehead atoms. The van der Waals surface area contributed by atoms with Gasteiger partial charge in [-0.05, 0) is 0 Å². The average Bonchev–Trinajstić information content (AvgIpc) is 2.57. The molecule has 1 aliphatic heterocycles. The lowest BCUT2D eigenvalue weighted by atomic mass is 10.2. The summed E-state index contributed by atoms with van der Waals surface area (Å²) in [4.78, 5) is 37.6. The van der Waals surface area contributed by atoms with Crippen LogP contribution < -0.4 is 5.48 Å². The smallest absolute Gasteiger partial charge is 0.304 e. The summed E-state index contributed by atoms with van der Waals surface area (Å²) in [5, 5.41) is 0. The van der Waals surface area contributed by atoms with Gasteiger partial charge in [-0.3, -0.25) is 19.2 Å². The van der Waals surface area contributed by atoms with Gasteiger partial charge in [-0.1, -0.05) is 0 Å². The Balaban J connectivity index is 2.63. The first kappa shape index (κ1) is 14.4. The number of esters is 3. The van der Waals surface area contributed by atoms with Crippen LogP contribution in [0, 0.1) is 0 Å². The van der Waals surface area contributed by atoms with Gasteiger partial charge in [0.25, 0.3) is 0 Å². The molecule has 102 valence electrons. The summed E-state index contributed by atoms with van der Waals surface area (Å²) in [6, 6.07) is 0. The molecule has 0 radical (unpaired) electrons. The van der Waals surface area contributed by atoms with E-state index < -0.39 is 36.3 Å². The van der Waals surface area contributed by atoms with Crippen LogP contribution in [0.5, 0.6) is 0 Å². The van der Waals surface area contributed by atoms with Gasteiger partial charge in [0.05, 0.1) is 0 Å². The molecule has 1 fully saturated rings. The first-order valence-corrected chi connectivity index (χ1v) is 5.29. The van der Waals surface area contributed by atoms with E-state index in [1.165, 1.54) is 20.8 Å². The first-order valence-electron chi connectivity index (χ1n) is 5.29. The van der Waals surface area contributed by atoms with Crippen molar-refractivity contribution in [1.82, 2.24) is 5.48 Å². The number of rotatable bonds is 4. The Morgan fingerprint density at radius 2 is 1.67 bits per heavy atom. The minimum atomic E-state index is -0.924. The molecule has 0 aromatic heterocycles. The molecule has 1 N–H and O–H groups in total. The number of nitrogens with one attached hydrogen (secondary N) is 1. The van der Waals surface area contributed by atoms with Crippen LogP contribution in [0.3, 0.4) is 0 Å².